The van der Waals surface area contributed by atoms with Crippen LogP contribution in [-0.4, -0.2) is 35.5 Å². The Morgan fingerprint density at radius 2 is 1.96 bits per heavy atom. The molecule has 9 heteroatoms. The van der Waals surface area contributed by atoms with Gasteiger partial charge in [-0.1, -0.05) is 6.07 Å². The number of rotatable bonds is 4. The number of amides is 1. The molecule has 0 bridgehead atoms. The number of nitrogens with two attached hydrogens (primary N) is 1. The van der Waals surface area contributed by atoms with E-state index in [0.29, 0.717) is 16.9 Å². The highest BCUT2D eigenvalue weighted by Crippen LogP contribution is 2.19. The van der Waals surface area contributed by atoms with Crippen molar-refractivity contribution in [2.24, 2.45) is 0 Å². The van der Waals surface area contributed by atoms with E-state index in [9.17, 15) is 13.2 Å². The van der Waals surface area contributed by atoms with Crippen LogP contribution in [0, 0.1) is 0 Å². The molecule has 0 saturated carbocycles. The summed E-state index contributed by atoms with van der Waals surface area (Å²) in [5, 5.41) is 2.59. The van der Waals surface area contributed by atoms with Gasteiger partial charge in [0, 0.05) is 29.9 Å². The molecule has 0 atom stereocenters. The summed E-state index contributed by atoms with van der Waals surface area (Å²) in [6, 6.07) is 9.44. The van der Waals surface area contributed by atoms with Gasteiger partial charge in [0.15, 0.2) is 21.3 Å². The highest BCUT2D eigenvalue weighted by molar-refractivity contribution is 7.90. The zero-order chi connectivity index (χ0) is 18.7. The van der Waals surface area contributed by atoms with Gasteiger partial charge in [-0.3, -0.25) is 9.78 Å². The number of pyridine rings is 1. The van der Waals surface area contributed by atoms with Crippen LogP contribution in [0.15, 0.2) is 59.9 Å². The lowest BCUT2D eigenvalue weighted by molar-refractivity contribution is 0.102. The Morgan fingerprint density at radius 1 is 1.15 bits per heavy atom. The minimum atomic E-state index is -3.39. The molecule has 0 radical (unpaired) electrons. The second-order valence-electron chi connectivity index (χ2n) is 5.48. The second kappa shape index (κ2) is 6.89. The van der Waals surface area contributed by atoms with Crippen molar-refractivity contribution in [1.29, 1.82) is 0 Å². The number of nitrogens with zero attached hydrogens (tertiary/aromatic N) is 3. The molecule has 0 spiro atoms. The predicted octanol–water partition coefficient (Wildman–Crippen LogP) is 1.78. The van der Waals surface area contributed by atoms with Gasteiger partial charge in [-0.15, -0.1) is 0 Å². The third kappa shape index (κ3) is 3.83. The molecule has 1 amide bonds. The molecule has 3 N–H and O–H groups in total. The molecule has 2 aromatic heterocycles. The molecule has 26 heavy (non-hydrogen) atoms. The van der Waals surface area contributed by atoms with Gasteiger partial charge in [0.2, 0.25) is 0 Å². The van der Waals surface area contributed by atoms with Crippen LogP contribution in [-0.2, 0) is 9.84 Å². The minimum Gasteiger partial charge on any atom is -0.382 e. The molecule has 0 aliphatic heterocycles. The largest absolute Gasteiger partial charge is 0.382 e. The number of aromatic nitrogens is 3. The average molecular weight is 369 g/mol. The number of sulfone groups is 1. The molecule has 3 aromatic rings. The Labute approximate surface area is 150 Å². The Balaban J connectivity index is 1.91. The quantitative estimate of drug-likeness (QED) is 0.717. The lowest BCUT2D eigenvalue weighted by atomic mass is 10.2. The fraction of sp³-hybridized carbons (Fsp3) is 0.0588. The molecule has 0 aliphatic rings. The van der Waals surface area contributed by atoms with Gasteiger partial charge >= 0.3 is 0 Å². The van der Waals surface area contributed by atoms with E-state index in [-0.39, 0.29) is 16.4 Å². The molecule has 1 aromatic carbocycles. The number of anilines is 2. The number of benzene rings is 1. The summed E-state index contributed by atoms with van der Waals surface area (Å²) in [7, 11) is -3.39. The smallest absolute Gasteiger partial charge is 0.278 e. The van der Waals surface area contributed by atoms with E-state index in [1.54, 1.807) is 30.6 Å². The van der Waals surface area contributed by atoms with Gasteiger partial charge in [0.25, 0.3) is 5.91 Å². The first-order valence-corrected chi connectivity index (χ1v) is 9.38. The van der Waals surface area contributed by atoms with E-state index in [0.717, 1.165) is 6.26 Å². The van der Waals surface area contributed by atoms with E-state index in [1.807, 2.05) is 0 Å². The summed E-state index contributed by atoms with van der Waals surface area (Å²) in [5.41, 5.74) is 7.16. The second-order valence-corrected chi connectivity index (χ2v) is 7.50. The maximum atomic E-state index is 12.5. The van der Waals surface area contributed by atoms with Crippen LogP contribution < -0.4 is 11.1 Å². The molecule has 3 rings (SSSR count). The summed E-state index contributed by atoms with van der Waals surface area (Å²) in [6.07, 6.45) is 5.76. The summed E-state index contributed by atoms with van der Waals surface area (Å²) < 4.78 is 23.3. The van der Waals surface area contributed by atoms with Gasteiger partial charge in [-0.05, 0) is 30.3 Å². The summed E-state index contributed by atoms with van der Waals surface area (Å²) in [4.78, 5) is 24.9. The van der Waals surface area contributed by atoms with Gasteiger partial charge in [-0.25, -0.2) is 18.4 Å². The van der Waals surface area contributed by atoms with Crippen LogP contribution >= 0.6 is 0 Å². The van der Waals surface area contributed by atoms with Crippen molar-refractivity contribution in [3.05, 3.63) is 60.7 Å². The van der Waals surface area contributed by atoms with Crippen molar-refractivity contribution in [2.75, 3.05) is 17.3 Å². The predicted molar refractivity (Wildman–Crippen MR) is 97.2 cm³/mol. The molecule has 0 saturated heterocycles. The van der Waals surface area contributed by atoms with Crippen molar-refractivity contribution in [3.63, 3.8) is 0 Å². The maximum Gasteiger partial charge on any atom is 0.278 e. The van der Waals surface area contributed by atoms with Crippen molar-refractivity contribution < 1.29 is 13.2 Å². The lowest BCUT2D eigenvalue weighted by Crippen LogP contribution is -2.17. The van der Waals surface area contributed by atoms with Gasteiger partial charge < -0.3 is 11.1 Å². The monoisotopic (exact) mass is 369 g/mol. The fourth-order valence-electron chi connectivity index (χ4n) is 2.21. The summed E-state index contributed by atoms with van der Waals surface area (Å²) >= 11 is 0. The van der Waals surface area contributed by atoms with Crippen molar-refractivity contribution >= 4 is 27.2 Å². The zero-order valence-corrected chi connectivity index (χ0v) is 14.6. The van der Waals surface area contributed by atoms with E-state index in [4.69, 9.17) is 5.73 Å². The average Bonchev–Trinajstić information content (AvgIpc) is 2.62. The van der Waals surface area contributed by atoms with Gasteiger partial charge in [0.1, 0.15) is 0 Å². The van der Waals surface area contributed by atoms with Crippen molar-refractivity contribution in [2.45, 2.75) is 4.90 Å². The lowest BCUT2D eigenvalue weighted by Gasteiger charge is -2.09. The van der Waals surface area contributed by atoms with Crippen molar-refractivity contribution in [3.8, 4) is 11.3 Å². The number of nitrogen functional groups attached to an aromatic ring is 1. The third-order valence-corrected chi connectivity index (χ3v) is 4.60. The zero-order valence-electron chi connectivity index (χ0n) is 13.7. The van der Waals surface area contributed by atoms with E-state index < -0.39 is 15.7 Å². The molecular formula is C17H15N5O3S. The number of hydrogen-bond donors (Lipinski definition) is 2. The SMILES string of the molecule is CS(=O)(=O)c1cccc(NC(=O)c2nc(-c3cccnc3)cnc2N)c1. The highest BCUT2D eigenvalue weighted by Gasteiger charge is 2.16. The molecule has 0 unspecified atom stereocenters. The van der Waals surface area contributed by atoms with E-state index >= 15 is 0 Å². The number of carbonyl (C=O) groups is 1. The molecule has 132 valence electrons. The van der Waals surface area contributed by atoms with Gasteiger partial charge in [-0.2, -0.15) is 0 Å². The Morgan fingerprint density at radius 3 is 2.65 bits per heavy atom. The highest BCUT2D eigenvalue weighted by atomic mass is 32.2. The molecule has 2 heterocycles. The van der Waals surface area contributed by atoms with Crippen LogP contribution in [0.25, 0.3) is 11.3 Å². The van der Waals surface area contributed by atoms with Crippen LogP contribution in [0.1, 0.15) is 10.5 Å². The standard InChI is InChI=1S/C17H15N5O3S/c1-26(24,25)13-6-2-5-12(8-13)21-17(23)15-16(18)20-10-14(22-15)11-4-3-7-19-9-11/h2-10H,1H3,(H2,18,20)(H,21,23). The van der Waals surface area contributed by atoms with E-state index in [2.05, 4.69) is 20.3 Å². The number of hydrogen-bond acceptors (Lipinski definition) is 7. The maximum absolute atomic E-state index is 12.5. The van der Waals surface area contributed by atoms with E-state index in [1.165, 1.54) is 24.4 Å². The Hall–Kier alpha value is -3.33. The topological polar surface area (TPSA) is 128 Å². The number of carbonyl (C=O) groups excluding carboxylic acids is 1. The summed E-state index contributed by atoms with van der Waals surface area (Å²) in [5.74, 6) is -0.624. The van der Waals surface area contributed by atoms with Crippen molar-refractivity contribution in [1.82, 2.24) is 15.0 Å². The Kier molecular flexibility index (Phi) is 4.63. The summed E-state index contributed by atoms with van der Waals surface area (Å²) in [6.45, 7) is 0. The van der Waals surface area contributed by atoms with Crippen LogP contribution in [0.2, 0.25) is 0 Å². The third-order valence-electron chi connectivity index (χ3n) is 3.49. The Bertz CT molecular complexity index is 1070. The fourth-order valence-corrected chi connectivity index (χ4v) is 2.88. The minimum absolute atomic E-state index is 0.0330. The van der Waals surface area contributed by atoms with Crippen LogP contribution in [0.3, 0.4) is 0 Å². The van der Waals surface area contributed by atoms with Gasteiger partial charge in [0.05, 0.1) is 16.8 Å². The molecule has 8 nitrogen and oxygen atoms in total. The molecule has 0 aliphatic carbocycles. The first kappa shape index (κ1) is 17.5. The van der Waals surface area contributed by atoms with Crippen LogP contribution in [0.4, 0.5) is 11.5 Å². The van der Waals surface area contributed by atoms with Crippen LogP contribution in [0.5, 0.6) is 0 Å². The number of nitrogens with one attached hydrogen (secondary N) is 1. The first-order chi connectivity index (χ1) is 12.3. The molecular weight excluding hydrogens is 354 g/mol. The normalized spacial score (nSPS) is 11.1. The first-order valence-electron chi connectivity index (χ1n) is 7.49. The molecule has 0 fully saturated rings.